The molecule has 1 amide bonds. The van der Waals surface area contributed by atoms with Gasteiger partial charge < -0.3 is 19.7 Å². The van der Waals surface area contributed by atoms with Crippen LogP contribution in [0.2, 0.25) is 0 Å². The number of aromatic nitrogens is 2. The number of carbonyl (C=O) groups is 3. The Morgan fingerprint density at radius 1 is 1.16 bits per heavy atom. The van der Waals surface area contributed by atoms with E-state index < -0.39 is 24.3 Å². The van der Waals surface area contributed by atoms with Gasteiger partial charge in [0.15, 0.2) is 0 Å². The number of amides is 1. The zero-order chi connectivity index (χ0) is 28.2. The van der Waals surface area contributed by atoms with E-state index in [2.05, 4.69) is 26.8 Å². The number of aliphatic carboxylic acids is 2. The quantitative estimate of drug-likeness (QED) is 0.553. The minimum Gasteiger partial charge on any atom is -0.475 e. The lowest BCUT2D eigenvalue weighted by Crippen LogP contribution is -2.39. The number of rotatable bonds is 3. The number of carboxylic acid groups (broad SMARTS) is 2. The first-order chi connectivity index (χ1) is 17.0. The summed E-state index contributed by atoms with van der Waals surface area (Å²) in [5.74, 6) is -3.75. The smallest absolute Gasteiger partial charge is 0.475 e. The number of aryl methyl sites for hydroxylation is 1. The van der Waals surface area contributed by atoms with Crippen molar-refractivity contribution in [3.63, 3.8) is 0 Å². The molecule has 2 fully saturated rings. The van der Waals surface area contributed by atoms with E-state index in [1.54, 1.807) is 11.3 Å². The lowest BCUT2D eigenvalue weighted by Gasteiger charge is -2.26. The molecule has 0 aromatic carbocycles. The molecular weight excluding hydrogens is 534 g/mol. The van der Waals surface area contributed by atoms with Crippen LogP contribution in [0.1, 0.15) is 19.2 Å². The number of thiophene rings is 1. The van der Waals surface area contributed by atoms with Gasteiger partial charge in [0.05, 0.1) is 17.6 Å². The van der Waals surface area contributed by atoms with E-state index in [-0.39, 0.29) is 5.41 Å². The number of likely N-dealkylation sites (tertiary alicyclic amines) is 1. The highest BCUT2D eigenvalue weighted by Gasteiger charge is 2.55. The minimum absolute atomic E-state index is 0.215. The molecule has 9 nitrogen and oxygen atoms in total. The molecule has 206 valence electrons. The summed E-state index contributed by atoms with van der Waals surface area (Å²) < 4.78 is 65.5. The van der Waals surface area contributed by atoms with E-state index in [1.165, 1.54) is 0 Å². The summed E-state index contributed by atoms with van der Waals surface area (Å²) in [5, 5.41) is 18.4. The van der Waals surface area contributed by atoms with Crippen molar-refractivity contribution >= 4 is 34.9 Å². The normalized spacial score (nSPS) is 21.9. The van der Waals surface area contributed by atoms with Crippen LogP contribution in [0.3, 0.4) is 0 Å². The average molecular weight is 559 g/mol. The third kappa shape index (κ3) is 7.44. The topological polar surface area (TPSA) is 116 Å². The number of nitrogens with zero attached hydrogens (tertiary/aromatic N) is 4. The van der Waals surface area contributed by atoms with Crippen molar-refractivity contribution in [1.82, 2.24) is 14.5 Å². The summed E-state index contributed by atoms with van der Waals surface area (Å²) >= 11 is 1.65. The number of anilines is 1. The maximum atomic E-state index is 13.1. The summed E-state index contributed by atoms with van der Waals surface area (Å²) in [5.41, 5.74) is 0.847. The van der Waals surface area contributed by atoms with Crippen LogP contribution in [0.5, 0.6) is 0 Å². The molecule has 4 rings (SSSR count). The van der Waals surface area contributed by atoms with Gasteiger partial charge >= 0.3 is 24.3 Å². The largest absolute Gasteiger partial charge is 0.490 e. The second-order valence-corrected chi connectivity index (χ2v) is 9.26. The summed E-state index contributed by atoms with van der Waals surface area (Å²) in [6.07, 6.45) is -5.40. The molecule has 1 spiro atoms. The number of alkyl halides is 6. The van der Waals surface area contributed by atoms with Crippen molar-refractivity contribution in [3.8, 4) is 0 Å². The van der Waals surface area contributed by atoms with Crippen LogP contribution < -0.4 is 4.90 Å². The van der Waals surface area contributed by atoms with Crippen molar-refractivity contribution < 1.29 is 50.9 Å². The summed E-state index contributed by atoms with van der Waals surface area (Å²) in [6.45, 7) is 5.71. The van der Waals surface area contributed by atoms with E-state index in [4.69, 9.17) is 19.8 Å². The predicted molar refractivity (Wildman–Crippen MR) is 119 cm³/mol. The molecule has 2 saturated heterocycles. The molecule has 0 saturated carbocycles. The Morgan fingerprint density at radius 2 is 1.73 bits per heavy atom. The molecule has 2 atom stereocenters. The van der Waals surface area contributed by atoms with Crippen molar-refractivity contribution in [3.05, 3.63) is 35.0 Å². The number of hydrogen-bond acceptors (Lipinski definition) is 6. The van der Waals surface area contributed by atoms with Crippen LogP contribution in [0.15, 0.2) is 29.2 Å². The maximum absolute atomic E-state index is 13.1. The van der Waals surface area contributed by atoms with Crippen LogP contribution in [0.25, 0.3) is 0 Å². The molecule has 0 unspecified atom stereocenters. The first-order valence-corrected chi connectivity index (χ1v) is 11.6. The molecule has 2 N–H and O–H groups in total. The Kier molecular flexibility index (Phi) is 9.35. The van der Waals surface area contributed by atoms with Crippen molar-refractivity contribution in [2.75, 3.05) is 24.5 Å². The van der Waals surface area contributed by atoms with Gasteiger partial charge in [-0.3, -0.25) is 9.69 Å². The van der Waals surface area contributed by atoms with E-state index >= 15 is 0 Å². The van der Waals surface area contributed by atoms with Gasteiger partial charge in [-0.25, -0.2) is 14.6 Å². The van der Waals surface area contributed by atoms with Crippen LogP contribution >= 0.6 is 11.3 Å². The van der Waals surface area contributed by atoms with Crippen molar-refractivity contribution in [2.24, 2.45) is 18.4 Å². The Hall–Kier alpha value is -3.14. The molecule has 2 aromatic heterocycles. The zero-order valence-corrected chi connectivity index (χ0v) is 20.4. The molecule has 0 radical (unpaired) electrons. The van der Waals surface area contributed by atoms with E-state index in [9.17, 15) is 31.1 Å². The third-order valence-electron chi connectivity index (χ3n) is 6.02. The average Bonchev–Trinajstić information content (AvgIpc) is 3.54. The fourth-order valence-electron chi connectivity index (χ4n) is 4.10. The Labute approximate surface area is 210 Å². The van der Waals surface area contributed by atoms with Crippen molar-refractivity contribution in [1.29, 1.82) is 0 Å². The Morgan fingerprint density at radius 3 is 2.16 bits per heavy atom. The van der Waals surface area contributed by atoms with Gasteiger partial charge in [0.2, 0.25) is 5.91 Å². The Bertz CT molecular complexity index is 1060. The lowest BCUT2D eigenvalue weighted by molar-refractivity contribution is -0.193. The van der Waals surface area contributed by atoms with E-state index in [0.29, 0.717) is 11.8 Å². The van der Waals surface area contributed by atoms with Gasteiger partial charge in [0.1, 0.15) is 5.82 Å². The molecule has 4 heterocycles. The standard InChI is InChI=1S/C17H22N4OS.2C2HF3O2/c1-13-9-20(10-15-18-5-7-19(15)2)12-17(13)4-6-21(16(17)22)14-3-8-23-11-14;2*3-2(4,5)1(6)7/h3,5,7-8,11,13H,4,6,9-10,12H2,1-2H3;2*(H,6,7)/t13-,17-;;/m0../s1. The second-order valence-electron chi connectivity index (χ2n) is 8.48. The van der Waals surface area contributed by atoms with Crippen LogP contribution in [-0.2, 0) is 28.0 Å². The van der Waals surface area contributed by atoms with Crippen LogP contribution in [0, 0.1) is 11.3 Å². The van der Waals surface area contributed by atoms with E-state index in [1.807, 2.05) is 35.8 Å². The minimum atomic E-state index is -5.08. The number of imidazole rings is 1. The molecule has 2 aliphatic heterocycles. The number of halogens is 6. The fourth-order valence-corrected chi connectivity index (χ4v) is 4.74. The maximum Gasteiger partial charge on any atom is 0.490 e. The van der Waals surface area contributed by atoms with E-state index in [0.717, 1.165) is 44.1 Å². The molecule has 37 heavy (non-hydrogen) atoms. The van der Waals surface area contributed by atoms with Crippen LogP contribution in [-0.4, -0.2) is 74.5 Å². The van der Waals surface area contributed by atoms with Crippen molar-refractivity contribution in [2.45, 2.75) is 32.2 Å². The van der Waals surface area contributed by atoms with Crippen LogP contribution in [0.4, 0.5) is 32.0 Å². The molecule has 0 bridgehead atoms. The fraction of sp³-hybridized carbons (Fsp3) is 0.524. The third-order valence-corrected chi connectivity index (χ3v) is 6.69. The highest BCUT2D eigenvalue weighted by Crippen LogP contribution is 2.46. The molecule has 0 aliphatic carbocycles. The van der Waals surface area contributed by atoms with Gasteiger partial charge in [-0.05, 0) is 23.8 Å². The first kappa shape index (κ1) is 30.1. The summed E-state index contributed by atoms with van der Waals surface area (Å²) in [7, 11) is 2.02. The zero-order valence-electron chi connectivity index (χ0n) is 19.6. The van der Waals surface area contributed by atoms with Gasteiger partial charge in [-0.15, -0.1) is 0 Å². The summed E-state index contributed by atoms with van der Waals surface area (Å²) in [6, 6.07) is 2.05. The molecular formula is C21H24F6N4O5S. The number of carboxylic acids is 2. The highest BCUT2D eigenvalue weighted by molar-refractivity contribution is 7.08. The Balaban J connectivity index is 0.000000286. The number of hydrogen-bond donors (Lipinski definition) is 2. The van der Waals surface area contributed by atoms with Gasteiger partial charge in [0, 0.05) is 44.5 Å². The van der Waals surface area contributed by atoms with Gasteiger partial charge in [-0.1, -0.05) is 6.92 Å². The molecule has 2 aromatic rings. The van der Waals surface area contributed by atoms with Gasteiger partial charge in [0.25, 0.3) is 0 Å². The predicted octanol–water partition coefficient (Wildman–Crippen LogP) is 3.62. The lowest BCUT2D eigenvalue weighted by atomic mass is 9.78. The van der Waals surface area contributed by atoms with Gasteiger partial charge in [-0.2, -0.15) is 37.7 Å². The monoisotopic (exact) mass is 558 g/mol. The molecule has 16 heteroatoms. The summed E-state index contributed by atoms with van der Waals surface area (Å²) in [4.78, 5) is 39.7. The SMILES string of the molecule is C[C@H]1CN(Cc2nccn2C)C[C@@]12CCN(c1ccsc1)C2=O.O=C(O)C(F)(F)F.O=C(O)C(F)(F)F. The molecule has 2 aliphatic rings. The second kappa shape index (κ2) is 11.5. The highest BCUT2D eigenvalue weighted by atomic mass is 32.1. The first-order valence-electron chi connectivity index (χ1n) is 10.6. The number of carbonyl (C=O) groups excluding carboxylic acids is 1.